The van der Waals surface area contributed by atoms with Crippen molar-refractivity contribution in [2.24, 2.45) is 0 Å². The molecule has 0 amide bonds. The minimum Gasteiger partial charge on any atom is -0.285 e. The summed E-state index contributed by atoms with van der Waals surface area (Å²) in [6.07, 6.45) is 3.79. The Balaban J connectivity index is 2.18. The molecule has 74 valence electrons. The third kappa shape index (κ3) is 2.04. The molecule has 0 radical (unpaired) electrons. The Morgan fingerprint density at radius 2 is 2.43 bits per heavy atom. The van der Waals surface area contributed by atoms with Gasteiger partial charge in [-0.25, -0.2) is 4.98 Å². The van der Waals surface area contributed by atoms with Crippen LogP contribution in [0, 0.1) is 0 Å². The van der Waals surface area contributed by atoms with Gasteiger partial charge in [0.2, 0.25) is 0 Å². The van der Waals surface area contributed by atoms with Crippen molar-refractivity contribution in [1.29, 1.82) is 0 Å². The number of hydrogen-bond donors (Lipinski definition) is 1. The van der Waals surface area contributed by atoms with E-state index >= 15 is 0 Å². The monoisotopic (exact) mass is 271 g/mol. The summed E-state index contributed by atoms with van der Waals surface area (Å²) in [5, 5.41) is 10.2. The average molecular weight is 272 g/mol. The van der Waals surface area contributed by atoms with Crippen LogP contribution < -0.4 is 0 Å². The van der Waals surface area contributed by atoms with Crippen molar-refractivity contribution < 1.29 is 0 Å². The lowest BCUT2D eigenvalue weighted by atomic mass is 10.1. The number of halogens is 1. The van der Waals surface area contributed by atoms with E-state index in [1.807, 2.05) is 11.6 Å². The maximum atomic E-state index is 4.35. The predicted molar refractivity (Wildman–Crippen MR) is 60.6 cm³/mol. The van der Waals surface area contributed by atoms with Gasteiger partial charge in [-0.3, -0.25) is 5.10 Å². The fourth-order valence-electron chi connectivity index (χ4n) is 1.33. The SMILES string of the molecule is CCc1n[nH]cc1Cc1nc(Br)cs1. The summed E-state index contributed by atoms with van der Waals surface area (Å²) in [5.41, 5.74) is 2.38. The molecule has 2 aromatic rings. The highest BCUT2D eigenvalue weighted by Crippen LogP contribution is 2.19. The fourth-order valence-corrected chi connectivity index (χ4v) is 2.62. The van der Waals surface area contributed by atoms with Gasteiger partial charge < -0.3 is 0 Å². The van der Waals surface area contributed by atoms with Gasteiger partial charge in [0.25, 0.3) is 0 Å². The van der Waals surface area contributed by atoms with E-state index in [4.69, 9.17) is 0 Å². The molecule has 3 nitrogen and oxygen atoms in total. The van der Waals surface area contributed by atoms with Crippen LogP contribution in [0.3, 0.4) is 0 Å². The third-order valence-corrected chi connectivity index (χ3v) is 3.57. The first-order valence-corrected chi connectivity index (χ1v) is 6.08. The second kappa shape index (κ2) is 4.23. The first kappa shape index (κ1) is 9.86. The molecular weight excluding hydrogens is 262 g/mol. The Bertz CT molecular complexity index is 421. The smallest absolute Gasteiger partial charge is 0.117 e. The zero-order chi connectivity index (χ0) is 9.97. The van der Waals surface area contributed by atoms with Gasteiger partial charge in [0.1, 0.15) is 4.60 Å². The number of nitrogens with zero attached hydrogens (tertiary/aromatic N) is 2. The molecule has 2 heterocycles. The van der Waals surface area contributed by atoms with E-state index in [0.29, 0.717) is 0 Å². The second-order valence-corrected chi connectivity index (χ2v) is 4.71. The van der Waals surface area contributed by atoms with Crippen LogP contribution in [0.4, 0.5) is 0 Å². The molecule has 0 bridgehead atoms. The standard InChI is InChI=1S/C9H10BrN3S/c1-2-7-6(4-11-13-7)3-9-12-8(10)5-14-9/h4-5H,2-3H2,1H3,(H,11,13). The predicted octanol–water partition coefficient (Wildman–Crippen LogP) is 2.78. The highest BCUT2D eigenvalue weighted by Gasteiger charge is 2.07. The number of H-pyrrole nitrogens is 1. The minimum atomic E-state index is 0.871. The van der Waals surface area contributed by atoms with E-state index in [-0.39, 0.29) is 0 Å². The zero-order valence-electron chi connectivity index (χ0n) is 7.75. The lowest BCUT2D eigenvalue weighted by Gasteiger charge is -1.95. The fraction of sp³-hybridized carbons (Fsp3) is 0.333. The normalized spacial score (nSPS) is 10.7. The van der Waals surface area contributed by atoms with Gasteiger partial charge >= 0.3 is 0 Å². The molecule has 0 atom stereocenters. The number of aryl methyl sites for hydroxylation is 1. The summed E-state index contributed by atoms with van der Waals surface area (Å²) >= 11 is 5.02. The Hall–Kier alpha value is -0.680. The lowest BCUT2D eigenvalue weighted by molar-refractivity contribution is 0.959. The number of thiazole rings is 1. The van der Waals surface area contributed by atoms with Crippen molar-refractivity contribution in [3.8, 4) is 0 Å². The Morgan fingerprint density at radius 1 is 1.57 bits per heavy atom. The molecular formula is C9H10BrN3S. The van der Waals surface area contributed by atoms with Crippen LogP contribution in [-0.2, 0) is 12.8 Å². The minimum absolute atomic E-state index is 0.871. The van der Waals surface area contributed by atoms with E-state index in [9.17, 15) is 0 Å². The van der Waals surface area contributed by atoms with Gasteiger partial charge in [0.15, 0.2) is 0 Å². The van der Waals surface area contributed by atoms with Crippen molar-refractivity contribution in [1.82, 2.24) is 15.2 Å². The molecule has 0 aliphatic heterocycles. The summed E-state index contributed by atoms with van der Waals surface area (Å²) in [4.78, 5) is 4.35. The molecule has 0 spiro atoms. The largest absolute Gasteiger partial charge is 0.285 e. The molecule has 0 fully saturated rings. The van der Waals surface area contributed by atoms with Crippen LogP contribution in [0.5, 0.6) is 0 Å². The number of rotatable bonds is 3. The maximum absolute atomic E-state index is 4.35. The summed E-state index contributed by atoms with van der Waals surface area (Å²) in [7, 11) is 0. The highest BCUT2D eigenvalue weighted by molar-refractivity contribution is 9.10. The van der Waals surface area contributed by atoms with Crippen molar-refractivity contribution in [3.05, 3.63) is 32.4 Å². The van der Waals surface area contributed by atoms with E-state index in [1.54, 1.807) is 11.3 Å². The molecule has 1 N–H and O–H groups in total. The molecule has 2 rings (SSSR count). The molecule has 14 heavy (non-hydrogen) atoms. The Morgan fingerprint density at radius 3 is 3.07 bits per heavy atom. The number of hydrogen-bond acceptors (Lipinski definition) is 3. The van der Waals surface area contributed by atoms with Crippen molar-refractivity contribution >= 4 is 27.3 Å². The van der Waals surface area contributed by atoms with Gasteiger partial charge in [0.05, 0.1) is 10.7 Å². The lowest BCUT2D eigenvalue weighted by Crippen LogP contribution is -1.91. The molecule has 0 unspecified atom stereocenters. The van der Waals surface area contributed by atoms with Gasteiger partial charge in [-0.05, 0) is 27.9 Å². The molecule has 0 saturated carbocycles. The van der Waals surface area contributed by atoms with Gasteiger partial charge in [0, 0.05) is 18.0 Å². The molecule has 0 saturated heterocycles. The average Bonchev–Trinajstić information content (AvgIpc) is 2.76. The van der Waals surface area contributed by atoms with Crippen molar-refractivity contribution in [3.63, 3.8) is 0 Å². The molecule has 0 aliphatic carbocycles. The van der Waals surface area contributed by atoms with Crippen LogP contribution in [-0.4, -0.2) is 15.2 Å². The van der Waals surface area contributed by atoms with Crippen LogP contribution in [0.25, 0.3) is 0 Å². The van der Waals surface area contributed by atoms with Gasteiger partial charge in [-0.15, -0.1) is 11.3 Å². The molecule has 5 heteroatoms. The Kier molecular flexibility index (Phi) is 2.98. The quantitative estimate of drug-likeness (QED) is 0.933. The summed E-state index contributed by atoms with van der Waals surface area (Å²) < 4.78 is 0.916. The van der Waals surface area contributed by atoms with E-state index in [0.717, 1.165) is 28.1 Å². The third-order valence-electron chi connectivity index (χ3n) is 2.01. The van der Waals surface area contributed by atoms with Crippen LogP contribution in [0.15, 0.2) is 16.2 Å². The molecule has 0 aliphatic rings. The van der Waals surface area contributed by atoms with Crippen LogP contribution in [0.2, 0.25) is 0 Å². The number of aromatic amines is 1. The number of nitrogens with one attached hydrogen (secondary N) is 1. The van der Waals surface area contributed by atoms with Crippen molar-refractivity contribution in [2.45, 2.75) is 19.8 Å². The maximum Gasteiger partial charge on any atom is 0.117 e. The summed E-state index contributed by atoms with van der Waals surface area (Å²) in [6, 6.07) is 0. The molecule has 2 aromatic heterocycles. The molecule has 0 aromatic carbocycles. The van der Waals surface area contributed by atoms with E-state index in [2.05, 4.69) is 38.0 Å². The second-order valence-electron chi connectivity index (χ2n) is 2.95. The number of aromatic nitrogens is 3. The van der Waals surface area contributed by atoms with Crippen LogP contribution in [0.1, 0.15) is 23.2 Å². The highest BCUT2D eigenvalue weighted by atomic mass is 79.9. The van der Waals surface area contributed by atoms with Gasteiger partial charge in [-0.2, -0.15) is 5.10 Å². The van der Waals surface area contributed by atoms with E-state index in [1.165, 1.54) is 5.56 Å². The van der Waals surface area contributed by atoms with Crippen molar-refractivity contribution in [2.75, 3.05) is 0 Å². The Labute approximate surface area is 94.7 Å². The van der Waals surface area contributed by atoms with Crippen LogP contribution >= 0.6 is 27.3 Å². The topological polar surface area (TPSA) is 41.6 Å². The first-order chi connectivity index (χ1) is 6.79. The first-order valence-electron chi connectivity index (χ1n) is 4.41. The summed E-state index contributed by atoms with van der Waals surface area (Å²) in [5.74, 6) is 0. The van der Waals surface area contributed by atoms with E-state index < -0.39 is 0 Å². The zero-order valence-corrected chi connectivity index (χ0v) is 10.2. The summed E-state index contributed by atoms with van der Waals surface area (Å²) in [6.45, 7) is 2.11. The van der Waals surface area contributed by atoms with Gasteiger partial charge in [-0.1, -0.05) is 6.92 Å².